The van der Waals surface area contributed by atoms with Crippen molar-refractivity contribution < 1.29 is 4.79 Å². The molecule has 1 saturated carbocycles. The average Bonchev–Trinajstić information content (AvgIpc) is 2.62. The van der Waals surface area contributed by atoms with Crippen LogP contribution in [0.5, 0.6) is 0 Å². The van der Waals surface area contributed by atoms with E-state index < -0.39 is 0 Å². The van der Waals surface area contributed by atoms with Gasteiger partial charge in [0.05, 0.1) is 0 Å². The minimum absolute atomic E-state index is 0. The lowest BCUT2D eigenvalue weighted by Crippen LogP contribution is -2.55. The Morgan fingerprint density at radius 1 is 1.20 bits per heavy atom. The summed E-state index contributed by atoms with van der Waals surface area (Å²) >= 11 is 0. The van der Waals surface area contributed by atoms with Crippen LogP contribution in [0.25, 0.3) is 0 Å². The molecule has 0 spiro atoms. The van der Waals surface area contributed by atoms with E-state index in [1.165, 1.54) is 32.1 Å². The number of amides is 1. The van der Waals surface area contributed by atoms with E-state index in [1.807, 2.05) is 6.08 Å². The summed E-state index contributed by atoms with van der Waals surface area (Å²) < 4.78 is 0. The summed E-state index contributed by atoms with van der Waals surface area (Å²) in [6.45, 7) is 8.71. The Hall–Kier alpha value is -0.830. The third-order valence-electron chi connectivity index (χ3n) is 4.97. The van der Waals surface area contributed by atoms with Crippen LogP contribution in [-0.4, -0.2) is 86.0 Å². The van der Waals surface area contributed by atoms with Gasteiger partial charge in [0.1, 0.15) is 6.54 Å². The second-order valence-corrected chi connectivity index (χ2v) is 6.91. The van der Waals surface area contributed by atoms with Gasteiger partial charge in [-0.1, -0.05) is 25.3 Å². The van der Waals surface area contributed by atoms with Gasteiger partial charge in [-0.3, -0.25) is 9.69 Å². The van der Waals surface area contributed by atoms with Gasteiger partial charge in [0.15, 0.2) is 5.96 Å². The highest BCUT2D eigenvalue weighted by Gasteiger charge is 2.26. The first-order valence-electron chi connectivity index (χ1n) is 9.20. The maximum Gasteiger partial charge on any atom is 0.243 e. The summed E-state index contributed by atoms with van der Waals surface area (Å²) in [6, 6.07) is 0.776. The molecule has 0 unspecified atom stereocenters. The first kappa shape index (κ1) is 22.2. The monoisotopic (exact) mass is 463 g/mol. The molecule has 1 aliphatic heterocycles. The molecule has 0 atom stereocenters. The van der Waals surface area contributed by atoms with Crippen LogP contribution < -0.4 is 5.32 Å². The van der Waals surface area contributed by atoms with Crippen LogP contribution >= 0.6 is 24.0 Å². The van der Waals surface area contributed by atoms with Gasteiger partial charge in [0, 0.05) is 52.9 Å². The van der Waals surface area contributed by atoms with Crippen LogP contribution in [0.15, 0.2) is 17.6 Å². The Morgan fingerprint density at radius 3 is 2.40 bits per heavy atom. The Bertz CT molecular complexity index is 441. The molecule has 0 aromatic heterocycles. The summed E-state index contributed by atoms with van der Waals surface area (Å²) in [5.74, 6) is 0.849. The third kappa shape index (κ3) is 7.13. The fourth-order valence-corrected chi connectivity index (χ4v) is 3.46. The molecule has 144 valence electrons. The van der Waals surface area contributed by atoms with Gasteiger partial charge >= 0.3 is 0 Å². The summed E-state index contributed by atoms with van der Waals surface area (Å²) in [5, 5.41) is 3.30. The molecule has 1 amide bonds. The highest BCUT2D eigenvalue weighted by Crippen LogP contribution is 2.23. The number of carbonyl (C=O) groups excluding carboxylic acids is 1. The third-order valence-corrected chi connectivity index (χ3v) is 4.97. The molecule has 2 aliphatic rings. The summed E-state index contributed by atoms with van der Waals surface area (Å²) in [4.78, 5) is 22.8. The normalized spacial score (nSPS) is 19.9. The lowest BCUT2D eigenvalue weighted by atomic mass is 9.94. The predicted octanol–water partition coefficient (Wildman–Crippen LogP) is 1.77. The molecular weight excluding hydrogens is 429 g/mol. The second kappa shape index (κ2) is 11.7. The second-order valence-electron chi connectivity index (χ2n) is 6.91. The maximum absolute atomic E-state index is 11.8. The standard InChI is InChI=1S/C18H33N5O.HI/c1-4-10-19-18(20-15-17(24)21(2)3)23-13-11-22(12-14-23)16-8-6-5-7-9-16;/h4,16H,1,5-15H2,2-3H3,(H,19,20);1H. The summed E-state index contributed by atoms with van der Waals surface area (Å²) in [5.41, 5.74) is 0. The number of carbonyl (C=O) groups is 1. The van der Waals surface area contributed by atoms with Gasteiger partial charge < -0.3 is 15.1 Å². The maximum atomic E-state index is 11.8. The van der Waals surface area contributed by atoms with E-state index in [2.05, 4.69) is 26.7 Å². The van der Waals surface area contributed by atoms with Crippen molar-refractivity contribution in [2.45, 2.75) is 38.1 Å². The van der Waals surface area contributed by atoms with Gasteiger partial charge in [0.25, 0.3) is 0 Å². The zero-order chi connectivity index (χ0) is 17.4. The van der Waals surface area contributed by atoms with Crippen LogP contribution in [0, 0.1) is 0 Å². The first-order valence-corrected chi connectivity index (χ1v) is 9.20. The number of rotatable bonds is 5. The number of aliphatic imine (C=N–C) groups is 1. The molecule has 2 rings (SSSR count). The van der Waals surface area contributed by atoms with Crippen molar-refractivity contribution in [3.63, 3.8) is 0 Å². The smallest absolute Gasteiger partial charge is 0.243 e. The summed E-state index contributed by atoms with van der Waals surface area (Å²) in [7, 11) is 3.52. The number of nitrogens with one attached hydrogen (secondary N) is 1. The molecule has 0 radical (unpaired) electrons. The van der Waals surface area contributed by atoms with Crippen molar-refractivity contribution in [3.8, 4) is 0 Å². The predicted molar refractivity (Wildman–Crippen MR) is 115 cm³/mol. The average molecular weight is 463 g/mol. The van der Waals surface area contributed by atoms with Crippen LogP contribution in [0.1, 0.15) is 32.1 Å². The van der Waals surface area contributed by atoms with E-state index >= 15 is 0 Å². The molecular formula is C18H34IN5O. The number of hydrogen-bond donors (Lipinski definition) is 1. The zero-order valence-electron chi connectivity index (χ0n) is 15.7. The lowest BCUT2D eigenvalue weighted by molar-refractivity contribution is -0.127. The minimum atomic E-state index is 0. The van der Waals surface area contributed by atoms with E-state index in [1.54, 1.807) is 19.0 Å². The van der Waals surface area contributed by atoms with E-state index in [4.69, 9.17) is 0 Å². The fraction of sp³-hybridized carbons (Fsp3) is 0.778. The lowest BCUT2D eigenvalue weighted by Gasteiger charge is -2.41. The number of piperazine rings is 1. The van der Waals surface area contributed by atoms with Crippen LogP contribution in [0.3, 0.4) is 0 Å². The highest BCUT2D eigenvalue weighted by molar-refractivity contribution is 14.0. The fourth-order valence-electron chi connectivity index (χ4n) is 3.46. The molecule has 0 aromatic rings. The largest absolute Gasteiger partial charge is 0.353 e. The Labute approximate surface area is 169 Å². The molecule has 25 heavy (non-hydrogen) atoms. The topological polar surface area (TPSA) is 51.2 Å². The Kier molecular flexibility index (Phi) is 10.4. The number of nitrogens with zero attached hydrogens (tertiary/aromatic N) is 4. The first-order chi connectivity index (χ1) is 11.6. The molecule has 1 heterocycles. The van der Waals surface area contributed by atoms with E-state index in [0.717, 1.165) is 38.2 Å². The highest BCUT2D eigenvalue weighted by atomic mass is 127. The quantitative estimate of drug-likeness (QED) is 0.292. The Morgan fingerprint density at radius 2 is 1.84 bits per heavy atom. The number of hydrogen-bond acceptors (Lipinski definition) is 3. The van der Waals surface area contributed by atoms with Crippen molar-refractivity contribution in [2.24, 2.45) is 4.99 Å². The molecule has 0 bridgehead atoms. The van der Waals surface area contributed by atoms with Gasteiger partial charge in [0.2, 0.25) is 5.91 Å². The molecule has 0 aromatic carbocycles. The molecule has 7 heteroatoms. The van der Waals surface area contributed by atoms with Crippen molar-refractivity contribution >= 4 is 35.8 Å². The van der Waals surface area contributed by atoms with Gasteiger partial charge in [-0.15, -0.1) is 30.6 Å². The molecule has 1 N–H and O–H groups in total. The van der Waals surface area contributed by atoms with E-state index in [0.29, 0.717) is 6.54 Å². The zero-order valence-corrected chi connectivity index (χ0v) is 18.1. The summed E-state index contributed by atoms with van der Waals surface area (Å²) in [6.07, 6.45) is 8.69. The van der Waals surface area contributed by atoms with Gasteiger partial charge in [-0.2, -0.15) is 0 Å². The van der Waals surface area contributed by atoms with Crippen LogP contribution in [0.2, 0.25) is 0 Å². The minimum Gasteiger partial charge on any atom is -0.353 e. The van der Waals surface area contributed by atoms with Crippen LogP contribution in [-0.2, 0) is 4.79 Å². The van der Waals surface area contributed by atoms with Crippen molar-refractivity contribution in [2.75, 3.05) is 53.4 Å². The molecule has 1 saturated heterocycles. The number of guanidine groups is 1. The van der Waals surface area contributed by atoms with Crippen molar-refractivity contribution in [3.05, 3.63) is 12.7 Å². The van der Waals surface area contributed by atoms with E-state index in [9.17, 15) is 4.79 Å². The van der Waals surface area contributed by atoms with E-state index in [-0.39, 0.29) is 36.4 Å². The van der Waals surface area contributed by atoms with Crippen molar-refractivity contribution in [1.29, 1.82) is 0 Å². The number of likely N-dealkylation sites (N-methyl/N-ethyl adjacent to an activating group) is 1. The van der Waals surface area contributed by atoms with Crippen LogP contribution in [0.4, 0.5) is 0 Å². The van der Waals surface area contributed by atoms with Crippen molar-refractivity contribution in [1.82, 2.24) is 20.0 Å². The molecule has 2 fully saturated rings. The Balaban J connectivity index is 0.00000312. The van der Waals surface area contributed by atoms with Gasteiger partial charge in [-0.25, -0.2) is 4.99 Å². The SMILES string of the molecule is C=CCNC(=NCC(=O)N(C)C)N1CCN(C2CCCCC2)CC1.I. The molecule has 6 nitrogen and oxygen atoms in total. The molecule has 1 aliphatic carbocycles. The van der Waals surface area contributed by atoms with Gasteiger partial charge in [-0.05, 0) is 12.8 Å². The number of halogens is 1.